The van der Waals surface area contributed by atoms with Gasteiger partial charge in [-0.2, -0.15) is 0 Å². The van der Waals surface area contributed by atoms with Crippen molar-refractivity contribution in [2.75, 3.05) is 5.32 Å². The molecule has 1 heterocycles. The van der Waals surface area contributed by atoms with Gasteiger partial charge in [0, 0.05) is 18.2 Å². The molecule has 0 spiro atoms. The Kier molecular flexibility index (Phi) is 3.31. The zero-order valence-electron chi connectivity index (χ0n) is 12.3. The van der Waals surface area contributed by atoms with E-state index in [1.54, 1.807) is 6.07 Å². The van der Waals surface area contributed by atoms with Crippen molar-refractivity contribution in [1.82, 2.24) is 9.97 Å². The van der Waals surface area contributed by atoms with Crippen LogP contribution in [0.2, 0.25) is 0 Å². The SMILES string of the molecule is CC1(C)CCC(Nc2nc3ccc([N+](=O)[O-])cc3[nH]2)CC1. The Balaban J connectivity index is 1.74. The summed E-state index contributed by atoms with van der Waals surface area (Å²) in [4.78, 5) is 18.0. The summed E-state index contributed by atoms with van der Waals surface area (Å²) in [5.74, 6) is 0.704. The number of imidazole rings is 1. The lowest BCUT2D eigenvalue weighted by Crippen LogP contribution is -2.30. The number of nitrogens with zero attached hydrogens (tertiary/aromatic N) is 2. The Hall–Kier alpha value is -2.11. The molecule has 3 rings (SSSR count). The Morgan fingerprint density at radius 1 is 1.38 bits per heavy atom. The van der Waals surface area contributed by atoms with E-state index >= 15 is 0 Å². The summed E-state index contributed by atoms with van der Waals surface area (Å²) in [6, 6.07) is 5.11. The first kappa shape index (κ1) is 13.9. The van der Waals surface area contributed by atoms with Gasteiger partial charge in [0.15, 0.2) is 0 Å². The molecule has 0 amide bonds. The fraction of sp³-hybridized carbons (Fsp3) is 0.533. The summed E-state index contributed by atoms with van der Waals surface area (Å²) < 4.78 is 0. The zero-order chi connectivity index (χ0) is 15.0. The summed E-state index contributed by atoms with van der Waals surface area (Å²) in [6.07, 6.45) is 4.67. The zero-order valence-corrected chi connectivity index (χ0v) is 12.3. The minimum Gasteiger partial charge on any atom is -0.353 e. The van der Waals surface area contributed by atoms with E-state index in [0.717, 1.165) is 18.4 Å². The maximum atomic E-state index is 10.8. The maximum Gasteiger partial charge on any atom is 0.271 e. The second kappa shape index (κ2) is 5.02. The first-order valence-corrected chi connectivity index (χ1v) is 7.34. The third-order valence-corrected chi connectivity index (χ3v) is 4.36. The van der Waals surface area contributed by atoms with Crippen LogP contribution in [0, 0.1) is 15.5 Å². The smallest absolute Gasteiger partial charge is 0.271 e. The third-order valence-electron chi connectivity index (χ3n) is 4.36. The number of H-pyrrole nitrogens is 1. The van der Waals surface area contributed by atoms with Crippen LogP contribution in [0.15, 0.2) is 18.2 Å². The lowest BCUT2D eigenvalue weighted by atomic mass is 9.76. The lowest BCUT2D eigenvalue weighted by molar-refractivity contribution is -0.384. The first-order chi connectivity index (χ1) is 9.93. The molecule has 112 valence electrons. The standard InChI is InChI=1S/C15H20N4O2/c1-15(2)7-5-10(6-8-15)16-14-17-12-4-3-11(19(20)21)9-13(12)18-14/h3-4,9-10H,5-8H2,1-2H3,(H2,16,17,18). The number of nitro benzene ring substituents is 1. The molecule has 1 fully saturated rings. The van der Waals surface area contributed by atoms with Crippen LogP contribution >= 0.6 is 0 Å². The van der Waals surface area contributed by atoms with Gasteiger partial charge in [-0.25, -0.2) is 4.98 Å². The molecule has 0 bridgehead atoms. The van der Waals surface area contributed by atoms with Crippen LogP contribution in [0.5, 0.6) is 0 Å². The highest BCUT2D eigenvalue weighted by Crippen LogP contribution is 2.36. The van der Waals surface area contributed by atoms with Crippen molar-refractivity contribution in [3.63, 3.8) is 0 Å². The molecule has 0 unspecified atom stereocenters. The van der Waals surface area contributed by atoms with Crippen LogP contribution in [-0.2, 0) is 0 Å². The summed E-state index contributed by atoms with van der Waals surface area (Å²) >= 11 is 0. The fourth-order valence-electron chi connectivity index (χ4n) is 2.92. The minimum absolute atomic E-state index is 0.0807. The molecule has 0 aliphatic heterocycles. The minimum atomic E-state index is -0.392. The number of anilines is 1. The lowest BCUT2D eigenvalue weighted by Gasteiger charge is -2.34. The summed E-state index contributed by atoms with van der Waals surface area (Å²) in [5, 5.41) is 14.2. The molecule has 0 saturated heterocycles. The number of rotatable bonds is 3. The molecule has 1 aromatic heterocycles. The van der Waals surface area contributed by atoms with Gasteiger partial charge >= 0.3 is 0 Å². The number of fused-ring (bicyclic) bond motifs is 1. The molecule has 6 heteroatoms. The van der Waals surface area contributed by atoms with Gasteiger partial charge in [0.25, 0.3) is 5.69 Å². The van der Waals surface area contributed by atoms with Crippen molar-refractivity contribution in [2.24, 2.45) is 5.41 Å². The van der Waals surface area contributed by atoms with E-state index in [9.17, 15) is 10.1 Å². The van der Waals surface area contributed by atoms with E-state index < -0.39 is 4.92 Å². The molecular weight excluding hydrogens is 268 g/mol. The van der Waals surface area contributed by atoms with Gasteiger partial charge in [-0.1, -0.05) is 13.8 Å². The Labute approximate surface area is 123 Å². The summed E-state index contributed by atoms with van der Waals surface area (Å²) in [6.45, 7) is 4.62. The molecule has 1 saturated carbocycles. The molecule has 1 aliphatic carbocycles. The molecular formula is C15H20N4O2. The van der Waals surface area contributed by atoms with Gasteiger partial charge in [0.2, 0.25) is 5.95 Å². The normalized spacial score (nSPS) is 18.8. The molecule has 0 atom stereocenters. The first-order valence-electron chi connectivity index (χ1n) is 7.34. The van der Waals surface area contributed by atoms with E-state index in [4.69, 9.17) is 0 Å². The Morgan fingerprint density at radius 2 is 2.10 bits per heavy atom. The number of nitrogens with one attached hydrogen (secondary N) is 2. The fourth-order valence-corrected chi connectivity index (χ4v) is 2.92. The molecule has 2 N–H and O–H groups in total. The Morgan fingerprint density at radius 3 is 2.76 bits per heavy atom. The van der Waals surface area contributed by atoms with Gasteiger partial charge in [0.05, 0.1) is 16.0 Å². The molecule has 6 nitrogen and oxygen atoms in total. The number of benzene rings is 1. The molecule has 1 aliphatic rings. The predicted octanol–water partition coefficient (Wildman–Crippen LogP) is 3.85. The molecule has 1 aromatic carbocycles. The van der Waals surface area contributed by atoms with Crippen LogP contribution in [0.3, 0.4) is 0 Å². The second-order valence-electron chi connectivity index (χ2n) is 6.63. The van der Waals surface area contributed by atoms with Crippen molar-refractivity contribution >= 4 is 22.7 Å². The largest absolute Gasteiger partial charge is 0.353 e. The quantitative estimate of drug-likeness (QED) is 0.663. The number of nitro groups is 1. The number of aromatic nitrogens is 2. The van der Waals surface area contributed by atoms with Gasteiger partial charge < -0.3 is 10.3 Å². The molecule has 21 heavy (non-hydrogen) atoms. The van der Waals surface area contributed by atoms with Crippen LogP contribution in [0.4, 0.5) is 11.6 Å². The van der Waals surface area contributed by atoms with Crippen LogP contribution in [-0.4, -0.2) is 20.9 Å². The highest BCUT2D eigenvalue weighted by atomic mass is 16.6. The van der Waals surface area contributed by atoms with E-state index in [1.807, 2.05) is 0 Å². The summed E-state index contributed by atoms with van der Waals surface area (Å²) in [5.41, 5.74) is 1.96. The van der Waals surface area contributed by atoms with Crippen LogP contribution in [0.25, 0.3) is 11.0 Å². The highest BCUT2D eigenvalue weighted by molar-refractivity contribution is 5.79. The maximum absolute atomic E-state index is 10.8. The number of hydrogen-bond donors (Lipinski definition) is 2. The van der Waals surface area contributed by atoms with Gasteiger partial charge in [0.1, 0.15) is 0 Å². The molecule has 2 aromatic rings. The van der Waals surface area contributed by atoms with Gasteiger partial charge in [-0.05, 0) is 37.2 Å². The van der Waals surface area contributed by atoms with Crippen molar-refractivity contribution in [3.8, 4) is 0 Å². The van der Waals surface area contributed by atoms with Crippen LogP contribution < -0.4 is 5.32 Å². The second-order valence-corrected chi connectivity index (χ2v) is 6.63. The van der Waals surface area contributed by atoms with Crippen molar-refractivity contribution < 1.29 is 4.92 Å². The Bertz CT molecular complexity index is 667. The topological polar surface area (TPSA) is 83.8 Å². The van der Waals surface area contributed by atoms with Gasteiger partial charge in [-0.15, -0.1) is 0 Å². The van der Waals surface area contributed by atoms with E-state index in [0.29, 0.717) is 22.9 Å². The van der Waals surface area contributed by atoms with E-state index in [2.05, 4.69) is 29.1 Å². The van der Waals surface area contributed by atoms with Gasteiger partial charge in [-0.3, -0.25) is 10.1 Å². The summed E-state index contributed by atoms with van der Waals surface area (Å²) in [7, 11) is 0. The predicted molar refractivity (Wildman–Crippen MR) is 82.4 cm³/mol. The van der Waals surface area contributed by atoms with E-state index in [-0.39, 0.29) is 5.69 Å². The van der Waals surface area contributed by atoms with Crippen LogP contribution in [0.1, 0.15) is 39.5 Å². The number of non-ortho nitro benzene ring substituents is 1. The van der Waals surface area contributed by atoms with E-state index in [1.165, 1.54) is 25.0 Å². The average Bonchev–Trinajstić information content (AvgIpc) is 2.82. The van der Waals surface area contributed by atoms with Crippen molar-refractivity contribution in [1.29, 1.82) is 0 Å². The molecule has 0 radical (unpaired) electrons. The third kappa shape index (κ3) is 2.99. The number of aromatic amines is 1. The average molecular weight is 288 g/mol. The monoisotopic (exact) mass is 288 g/mol. The number of hydrogen-bond acceptors (Lipinski definition) is 4. The van der Waals surface area contributed by atoms with Crippen molar-refractivity contribution in [3.05, 3.63) is 28.3 Å². The highest BCUT2D eigenvalue weighted by Gasteiger charge is 2.27. The van der Waals surface area contributed by atoms with Crippen molar-refractivity contribution in [2.45, 2.75) is 45.6 Å².